The van der Waals surface area contributed by atoms with Crippen LogP contribution in [0, 0.1) is 23.4 Å². The van der Waals surface area contributed by atoms with Gasteiger partial charge in [0.2, 0.25) is 0 Å². The zero-order chi connectivity index (χ0) is 26.8. The van der Waals surface area contributed by atoms with Crippen LogP contribution >= 0.6 is 0 Å². The second-order valence-corrected chi connectivity index (χ2v) is 10.6. The van der Waals surface area contributed by atoms with Crippen LogP contribution in [0.3, 0.4) is 0 Å². The van der Waals surface area contributed by atoms with Crippen molar-refractivity contribution in [3.8, 4) is 0 Å². The van der Waals surface area contributed by atoms with Crippen LogP contribution in [0.5, 0.6) is 0 Å². The first kappa shape index (κ1) is 27.6. The molecule has 0 bridgehead atoms. The van der Waals surface area contributed by atoms with E-state index in [4.69, 9.17) is 18.9 Å². The Morgan fingerprint density at radius 1 is 1.03 bits per heavy atom. The summed E-state index contributed by atoms with van der Waals surface area (Å²) in [6.45, 7) is 7.78. The van der Waals surface area contributed by atoms with Gasteiger partial charge in [-0.2, -0.15) is 0 Å². The van der Waals surface area contributed by atoms with Gasteiger partial charge in [0.05, 0.1) is 25.4 Å². The highest BCUT2D eigenvalue weighted by Gasteiger charge is 2.58. The van der Waals surface area contributed by atoms with Gasteiger partial charge >= 0.3 is 0 Å². The van der Waals surface area contributed by atoms with Crippen molar-refractivity contribution in [2.75, 3.05) is 6.54 Å². The highest BCUT2D eigenvalue weighted by atomic mass is 19.2. The molecular weight excluding hydrogens is 487 g/mol. The summed E-state index contributed by atoms with van der Waals surface area (Å²) < 4.78 is 66.2. The lowest BCUT2D eigenvalue weighted by molar-refractivity contribution is -0.183. The Kier molecular flexibility index (Phi) is 8.28. The lowest BCUT2D eigenvalue weighted by Crippen LogP contribution is -2.60. The zero-order valence-corrected chi connectivity index (χ0v) is 21.6. The van der Waals surface area contributed by atoms with Crippen LogP contribution in [0.2, 0.25) is 0 Å². The first-order valence-electron chi connectivity index (χ1n) is 12.5. The molecule has 1 aliphatic carbocycles. The van der Waals surface area contributed by atoms with E-state index >= 15 is 0 Å². The molecule has 4 rings (SSSR count). The minimum absolute atomic E-state index is 0.0358. The molecule has 2 aromatic carbocycles. The molecule has 1 saturated carbocycles. The van der Waals surface area contributed by atoms with Crippen LogP contribution < -0.4 is 5.32 Å². The van der Waals surface area contributed by atoms with E-state index in [0.29, 0.717) is 17.7 Å². The van der Waals surface area contributed by atoms with E-state index in [1.54, 1.807) is 32.0 Å². The molecule has 4 atom stereocenters. The molecule has 9 heteroatoms. The number of hydrogen-bond acceptors (Lipinski definition) is 5. The molecule has 2 fully saturated rings. The molecule has 0 aromatic heterocycles. The van der Waals surface area contributed by atoms with E-state index < -0.39 is 47.2 Å². The van der Waals surface area contributed by atoms with Crippen molar-refractivity contribution in [3.63, 3.8) is 0 Å². The van der Waals surface area contributed by atoms with Crippen molar-refractivity contribution in [1.82, 2.24) is 5.32 Å². The van der Waals surface area contributed by atoms with Crippen molar-refractivity contribution in [3.05, 3.63) is 71.0 Å². The van der Waals surface area contributed by atoms with Crippen molar-refractivity contribution in [1.29, 1.82) is 0 Å². The molecule has 6 nitrogen and oxygen atoms in total. The SMILES string of the molecule is CC(C)CNC(=O)[C@@]1(OCc2ccccc2F)CC(OCc2ccc(F)c(F)c2)[C@@H]2OC(C)(C)O[C@@H]2C1. The van der Waals surface area contributed by atoms with E-state index in [-0.39, 0.29) is 37.9 Å². The molecule has 1 N–H and O–H groups in total. The number of carbonyl (C=O) groups excluding carboxylic acids is 1. The number of hydrogen-bond donors (Lipinski definition) is 1. The molecular formula is C28H34F3NO5. The fourth-order valence-electron chi connectivity index (χ4n) is 4.83. The summed E-state index contributed by atoms with van der Waals surface area (Å²) in [5.41, 5.74) is -0.633. The number of amides is 1. The predicted molar refractivity (Wildman–Crippen MR) is 130 cm³/mol. The summed E-state index contributed by atoms with van der Waals surface area (Å²) in [7, 11) is 0. The maximum atomic E-state index is 14.4. The zero-order valence-electron chi connectivity index (χ0n) is 21.6. The van der Waals surface area contributed by atoms with Gasteiger partial charge in [0.1, 0.15) is 11.9 Å². The Hall–Kier alpha value is -2.46. The molecule has 202 valence electrons. The maximum Gasteiger partial charge on any atom is 0.252 e. The van der Waals surface area contributed by atoms with Crippen molar-refractivity contribution < 1.29 is 36.9 Å². The third kappa shape index (κ3) is 6.52. The predicted octanol–water partition coefficient (Wildman–Crippen LogP) is 5.03. The van der Waals surface area contributed by atoms with E-state index in [0.717, 1.165) is 12.1 Å². The quantitative estimate of drug-likeness (QED) is 0.502. The molecule has 0 spiro atoms. The summed E-state index contributed by atoms with van der Waals surface area (Å²) in [5, 5.41) is 2.95. The number of halogens is 3. The minimum atomic E-state index is -1.39. The minimum Gasteiger partial charge on any atom is -0.371 e. The Bertz CT molecular complexity index is 1110. The number of benzene rings is 2. The van der Waals surface area contributed by atoms with E-state index in [2.05, 4.69) is 5.32 Å². The van der Waals surface area contributed by atoms with E-state index in [1.165, 1.54) is 12.1 Å². The van der Waals surface area contributed by atoms with Gasteiger partial charge in [0, 0.05) is 24.9 Å². The monoisotopic (exact) mass is 521 g/mol. The lowest BCUT2D eigenvalue weighted by atomic mass is 9.78. The van der Waals surface area contributed by atoms with Gasteiger partial charge in [0.25, 0.3) is 5.91 Å². The van der Waals surface area contributed by atoms with Crippen LogP contribution in [0.25, 0.3) is 0 Å². The fraction of sp³-hybridized carbons (Fsp3) is 0.536. The first-order valence-corrected chi connectivity index (χ1v) is 12.5. The lowest BCUT2D eigenvalue weighted by Gasteiger charge is -2.43. The summed E-state index contributed by atoms with van der Waals surface area (Å²) in [6, 6.07) is 9.78. The van der Waals surface area contributed by atoms with Crippen molar-refractivity contribution >= 4 is 5.91 Å². The first-order chi connectivity index (χ1) is 17.5. The van der Waals surface area contributed by atoms with Crippen LogP contribution in [-0.4, -0.2) is 42.2 Å². The second-order valence-electron chi connectivity index (χ2n) is 10.6. The van der Waals surface area contributed by atoms with Crippen molar-refractivity contribution in [2.24, 2.45) is 5.92 Å². The molecule has 0 radical (unpaired) electrons. The highest BCUT2D eigenvalue weighted by Crippen LogP contribution is 2.44. The third-order valence-electron chi connectivity index (χ3n) is 6.64. The average molecular weight is 522 g/mol. The van der Waals surface area contributed by atoms with Gasteiger partial charge in [-0.05, 0) is 43.5 Å². The summed E-state index contributed by atoms with van der Waals surface area (Å²) in [4.78, 5) is 13.6. The smallest absolute Gasteiger partial charge is 0.252 e. The van der Waals surface area contributed by atoms with E-state index in [9.17, 15) is 18.0 Å². The molecule has 1 unspecified atom stereocenters. The van der Waals surface area contributed by atoms with Gasteiger partial charge in [-0.15, -0.1) is 0 Å². The normalized spacial score (nSPS) is 26.8. The second kappa shape index (κ2) is 11.1. The standard InChI is InChI=1S/C28H34F3NO5/c1-17(2)14-32-26(33)28(35-16-19-7-5-6-8-20(19)29)12-23(25-24(13-28)36-27(3,4)37-25)34-15-18-9-10-21(30)22(31)11-18/h5-11,17,23-25H,12-16H2,1-4H3,(H,32,33)/t23?,24-,25+,28-/m1/s1. The fourth-order valence-corrected chi connectivity index (χ4v) is 4.83. The largest absolute Gasteiger partial charge is 0.371 e. The Morgan fingerprint density at radius 3 is 2.49 bits per heavy atom. The van der Waals surface area contributed by atoms with Crippen LogP contribution in [0.4, 0.5) is 13.2 Å². The molecule has 1 aliphatic heterocycles. The molecule has 1 amide bonds. The van der Waals surface area contributed by atoms with E-state index in [1.807, 2.05) is 13.8 Å². The maximum absolute atomic E-state index is 14.4. The Balaban J connectivity index is 1.61. The van der Waals surface area contributed by atoms with Gasteiger partial charge in [0.15, 0.2) is 23.0 Å². The molecule has 1 heterocycles. The number of rotatable bonds is 9. The van der Waals surface area contributed by atoms with Gasteiger partial charge in [-0.1, -0.05) is 38.1 Å². The average Bonchev–Trinajstić information content (AvgIpc) is 3.16. The topological polar surface area (TPSA) is 66.0 Å². The molecule has 2 aromatic rings. The van der Waals surface area contributed by atoms with Gasteiger partial charge < -0.3 is 24.3 Å². The molecule has 1 saturated heterocycles. The molecule has 37 heavy (non-hydrogen) atoms. The highest BCUT2D eigenvalue weighted by molar-refractivity contribution is 5.85. The van der Waals surface area contributed by atoms with Crippen LogP contribution in [0.15, 0.2) is 42.5 Å². The van der Waals surface area contributed by atoms with Crippen LogP contribution in [0.1, 0.15) is 51.7 Å². The summed E-state index contributed by atoms with van der Waals surface area (Å²) in [5.74, 6) is -3.41. The number of nitrogens with one attached hydrogen (secondary N) is 1. The van der Waals surface area contributed by atoms with Gasteiger partial charge in [-0.3, -0.25) is 4.79 Å². The number of fused-ring (bicyclic) bond motifs is 1. The Labute approximate surface area is 215 Å². The summed E-state index contributed by atoms with van der Waals surface area (Å²) in [6.07, 6.45) is -1.42. The van der Waals surface area contributed by atoms with Gasteiger partial charge in [-0.25, -0.2) is 13.2 Å². The summed E-state index contributed by atoms with van der Waals surface area (Å²) >= 11 is 0. The third-order valence-corrected chi connectivity index (χ3v) is 6.64. The number of carbonyl (C=O) groups is 1. The van der Waals surface area contributed by atoms with Crippen molar-refractivity contribution in [2.45, 2.75) is 83.5 Å². The Morgan fingerprint density at radius 2 is 1.78 bits per heavy atom. The molecule has 2 aliphatic rings. The number of ether oxygens (including phenoxy) is 4. The van der Waals surface area contributed by atoms with Crippen LogP contribution in [-0.2, 0) is 37.0 Å².